The zero-order valence-corrected chi connectivity index (χ0v) is 15.0. The second-order valence-electron chi connectivity index (χ2n) is 6.76. The molecule has 2 aromatic heterocycles. The molecule has 1 atom stereocenters. The summed E-state index contributed by atoms with van der Waals surface area (Å²) in [5, 5.41) is 12.5. The van der Waals surface area contributed by atoms with Crippen LogP contribution in [0.5, 0.6) is 0 Å². The van der Waals surface area contributed by atoms with Gasteiger partial charge in [-0.2, -0.15) is 4.80 Å². The number of tetrazole rings is 1. The lowest BCUT2D eigenvalue weighted by Gasteiger charge is -2.32. The normalized spacial score (nSPS) is 16.9. The number of nitrogens with zero attached hydrogens (tertiary/aromatic N) is 6. The Bertz CT molecular complexity index is 957. The Morgan fingerprint density at radius 1 is 1.14 bits per heavy atom. The van der Waals surface area contributed by atoms with E-state index in [1.165, 1.54) is 15.8 Å². The standard InChI is InChI=1S/C19H18F2N6O/c20-15-4-1-5-16(21)17(15)19(28)26-10-2-3-13(11-26)12-27-24-18(23-25-27)14-6-8-22-9-7-14/h1,4-9,13H,2-3,10-12H2/t13-/m1/s1. The lowest BCUT2D eigenvalue weighted by atomic mass is 9.97. The van der Waals surface area contributed by atoms with Gasteiger partial charge in [0, 0.05) is 31.0 Å². The number of aromatic nitrogens is 5. The van der Waals surface area contributed by atoms with Crippen LogP contribution >= 0.6 is 0 Å². The van der Waals surface area contributed by atoms with Gasteiger partial charge in [0.05, 0.1) is 6.54 Å². The van der Waals surface area contributed by atoms with Gasteiger partial charge in [-0.25, -0.2) is 8.78 Å². The fourth-order valence-electron chi connectivity index (χ4n) is 3.43. The van der Waals surface area contributed by atoms with Crippen LogP contribution < -0.4 is 0 Å². The summed E-state index contributed by atoms with van der Waals surface area (Å²) in [6, 6.07) is 7.03. The summed E-state index contributed by atoms with van der Waals surface area (Å²) in [7, 11) is 0. The molecule has 1 saturated heterocycles. The van der Waals surface area contributed by atoms with Crippen LogP contribution in [0, 0.1) is 17.6 Å². The molecular formula is C19H18F2N6O. The van der Waals surface area contributed by atoms with Gasteiger partial charge in [0.1, 0.15) is 17.2 Å². The zero-order chi connectivity index (χ0) is 19.5. The van der Waals surface area contributed by atoms with Crippen LogP contribution in [0.2, 0.25) is 0 Å². The van der Waals surface area contributed by atoms with E-state index in [1.54, 1.807) is 24.5 Å². The molecule has 0 saturated carbocycles. The van der Waals surface area contributed by atoms with Crippen molar-refractivity contribution >= 4 is 5.91 Å². The molecule has 0 N–H and O–H groups in total. The summed E-state index contributed by atoms with van der Waals surface area (Å²) in [5.74, 6) is -1.73. The second-order valence-corrected chi connectivity index (χ2v) is 6.76. The molecule has 0 spiro atoms. The van der Waals surface area contributed by atoms with Crippen molar-refractivity contribution in [3.05, 3.63) is 59.9 Å². The van der Waals surface area contributed by atoms with Gasteiger partial charge in [-0.1, -0.05) is 6.07 Å². The third kappa shape index (κ3) is 3.73. The van der Waals surface area contributed by atoms with Crippen LogP contribution in [0.1, 0.15) is 23.2 Å². The molecule has 4 rings (SSSR count). The van der Waals surface area contributed by atoms with Crippen molar-refractivity contribution in [3.63, 3.8) is 0 Å². The Morgan fingerprint density at radius 3 is 2.64 bits per heavy atom. The highest BCUT2D eigenvalue weighted by atomic mass is 19.1. The monoisotopic (exact) mass is 384 g/mol. The van der Waals surface area contributed by atoms with Crippen LogP contribution in [-0.4, -0.2) is 49.1 Å². The average molecular weight is 384 g/mol. The number of halogens is 2. The molecule has 0 unspecified atom stereocenters. The quantitative estimate of drug-likeness (QED) is 0.691. The maximum atomic E-state index is 13.9. The Morgan fingerprint density at radius 2 is 1.89 bits per heavy atom. The summed E-state index contributed by atoms with van der Waals surface area (Å²) < 4.78 is 27.9. The van der Waals surface area contributed by atoms with E-state index in [-0.39, 0.29) is 5.92 Å². The van der Waals surface area contributed by atoms with Gasteiger partial charge in [-0.3, -0.25) is 9.78 Å². The number of carbonyl (C=O) groups excluding carboxylic acids is 1. The molecule has 7 nitrogen and oxygen atoms in total. The average Bonchev–Trinajstić information content (AvgIpc) is 3.17. The maximum absolute atomic E-state index is 13.9. The first-order chi connectivity index (χ1) is 13.6. The maximum Gasteiger partial charge on any atom is 0.259 e. The van der Waals surface area contributed by atoms with E-state index in [0.29, 0.717) is 25.5 Å². The number of piperidine rings is 1. The smallest absolute Gasteiger partial charge is 0.259 e. The minimum absolute atomic E-state index is 0.0759. The lowest BCUT2D eigenvalue weighted by molar-refractivity contribution is 0.0646. The minimum Gasteiger partial charge on any atom is -0.338 e. The van der Waals surface area contributed by atoms with Crippen LogP contribution in [0.3, 0.4) is 0 Å². The van der Waals surface area contributed by atoms with Gasteiger partial charge in [0.25, 0.3) is 5.91 Å². The number of amides is 1. The number of likely N-dealkylation sites (tertiary alicyclic amines) is 1. The number of pyridine rings is 1. The van der Waals surface area contributed by atoms with Gasteiger partial charge >= 0.3 is 0 Å². The highest BCUT2D eigenvalue weighted by Gasteiger charge is 2.28. The van der Waals surface area contributed by atoms with Crippen LogP contribution in [0.4, 0.5) is 8.78 Å². The third-order valence-electron chi connectivity index (χ3n) is 4.80. The van der Waals surface area contributed by atoms with Crippen molar-refractivity contribution in [3.8, 4) is 11.4 Å². The van der Waals surface area contributed by atoms with Crippen molar-refractivity contribution in [1.82, 2.24) is 30.1 Å². The molecule has 1 aliphatic heterocycles. The van der Waals surface area contributed by atoms with Crippen molar-refractivity contribution in [2.45, 2.75) is 19.4 Å². The SMILES string of the molecule is O=C(c1c(F)cccc1F)N1CCC[C@@H](Cn2nnc(-c3ccncc3)n2)C1. The fraction of sp³-hybridized carbons (Fsp3) is 0.316. The largest absolute Gasteiger partial charge is 0.338 e. The molecule has 144 valence electrons. The lowest BCUT2D eigenvalue weighted by Crippen LogP contribution is -2.42. The van der Waals surface area contributed by atoms with E-state index in [1.807, 2.05) is 0 Å². The number of rotatable bonds is 4. The summed E-state index contributed by atoms with van der Waals surface area (Å²) in [6.07, 6.45) is 4.93. The molecule has 1 amide bonds. The Kier molecular flexibility index (Phi) is 5.05. The number of carbonyl (C=O) groups is 1. The number of hydrogen-bond donors (Lipinski definition) is 0. The first-order valence-electron chi connectivity index (χ1n) is 9.03. The van der Waals surface area contributed by atoms with Crippen LogP contribution in [-0.2, 0) is 6.54 Å². The van der Waals surface area contributed by atoms with Gasteiger partial charge in [0.15, 0.2) is 0 Å². The van der Waals surface area contributed by atoms with E-state index in [4.69, 9.17) is 0 Å². The third-order valence-corrected chi connectivity index (χ3v) is 4.80. The number of hydrogen-bond acceptors (Lipinski definition) is 5. The molecule has 1 fully saturated rings. The zero-order valence-electron chi connectivity index (χ0n) is 15.0. The minimum atomic E-state index is -0.841. The van der Waals surface area contributed by atoms with E-state index in [0.717, 1.165) is 30.5 Å². The molecule has 28 heavy (non-hydrogen) atoms. The van der Waals surface area contributed by atoms with Gasteiger partial charge in [-0.05, 0) is 48.2 Å². The molecule has 9 heteroatoms. The van der Waals surface area contributed by atoms with E-state index in [2.05, 4.69) is 20.4 Å². The molecule has 0 radical (unpaired) electrons. The predicted octanol–water partition coefficient (Wildman–Crippen LogP) is 2.57. The topological polar surface area (TPSA) is 76.8 Å². The number of benzene rings is 1. The molecule has 0 bridgehead atoms. The highest BCUT2D eigenvalue weighted by molar-refractivity contribution is 5.94. The van der Waals surface area contributed by atoms with E-state index >= 15 is 0 Å². The summed E-state index contributed by atoms with van der Waals surface area (Å²) in [4.78, 5) is 19.6. The van der Waals surface area contributed by atoms with E-state index in [9.17, 15) is 13.6 Å². The summed E-state index contributed by atoms with van der Waals surface area (Å²) in [5.41, 5.74) is 0.318. The highest BCUT2D eigenvalue weighted by Crippen LogP contribution is 2.22. The van der Waals surface area contributed by atoms with Gasteiger partial charge in [0.2, 0.25) is 5.82 Å². The second kappa shape index (κ2) is 7.79. The van der Waals surface area contributed by atoms with Gasteiger partial charge in [-0.15, -0.1) is 10.2 Å². The summed E-state index contributed by atoms with van der Waals surface area (Å²) >= 11 is 0. The molecule has 3 heterocycles. The first kappa shape index (κ1) is 18.1. The van der Waals surface area contributed by atoms with Gasteiger partial charge < -0.3 is 4.90 Å². The van der Waals surface area contributed by atoms with Crippen LogP contribution in [0.25, 0.3) is 11.4 Å². The van der Waals surface area contributed by atoms with Crippen molar-refractivity contribution in [1.29, 1.82) is 0 Å². The molecule has 0 aliphatic carbocycles. The van der Waals surface area contributed by atoms with Crippen molar-refractivity contribution in [2.24, 2.45) is 5.92 Å². The van der Waals surface area contributed by atoms with Crippen molar-refractivity contribution < 1.29 is 13.6 Å². The van der Waals surface area contributed by atoms with Crippen LogP contribution in [0.15, 0.2) is 42.7 Å². The first-order valence-corrected chi connectivity index (χ1v) is 9.03. The molecular weight excluding hydrogens is 366 g/mol. The summed E-state index contributed by atoms with van der Waals surface area (Å²) in [6.45, 7) is 1.33. The van der Waals surface area contributed by atoms with E-state index < -0.39 is 23.1 Å². The Labute approximate surface area is 160 Å². The predicted molar refractivity (Wildman–Crippen MR) is 96.0 cm³/mol. The van der Waals surface area contributed by atoms with Crippen molar-refractivity contribution in [2.75, 3.05) is 13.1 Å². The molecule has 1 aliphatic rings. The molecule has 1 aromatic carbocycles. The Balaban J connectivity index is 1.45. The Hall–Kier alpha value is -3.23. The molecule has 3 aromatic rings. The fourth-order valence-corrected chi connectivity index (χ4v) is 3.43.